The van der Waals surface area contributed by atoms with Gasteiger partial charge in [-0.15, -0.1) is 0 Å². The second-order valence-electron chi connectivity index (χ2n) is 8.99. The molecule has 2 N–H and O–H groups in total. The van der Waals surface area contributed by atoms with E-state index in [2.05, 4.69) is 12.2 Å². The molecule has 4 rings (SSSR count). The molecule has 0 aromatic heterocycles. The molecule has 0 saturated heterocycles. The van der Waals surface area contributed by atoms with Crippen LogP contribution < -0.4 is 14.2 Å². The Hall–Kier alpha value is -6.27. The zero-order valence-electron chi connectivity index (χ0n) is 23.4. The highest BCUT2D eigenvalue weighted by atomic mass is 17.2. The highest BCUT2D eigenvalue weighted by Gasteiger charge is 2.19. The van der Waals surface area contributed by atoms with E-state index in [1.165, 1.54) is 36.4 Å². The van der Waals surface area contributed by atoms with E-state index >= 15 is 0 Å². The molecule has 0 amide bonds. The Balaban J connectivity index is 1.27. The lowest BCUT2D eigenvalue weighted by Crippen LogP contribution is -2.12. The molecular formula is C34H24O11. The summed E-state index contributed by atoms with van der Waals surface area (Å²) >= 11 is 0. The van der Waals surface area contributed by atoms with Crippen molar-refractivity contribution in [3.8, 4) is 42.0 Å². The first kappa shape index (κ1) is 31.7. The molecule has 4 aromatic rings. The van der Waals surface area contributed by atoms with Gasteiger partial charge in [0.2, 0.25) is 0 Å². The molecular weight excluding hydrogens is 584 g/mol. The van der Waals surface area contributed by atoms with Crippen molar-refractivity contribution in [1.82, 2.24) is 0 Å². The minimum absolute atomic E-state index is 0.00381. The van der Waals surface area contributed by atoms with Gasteiger partial charge >= 0.3 is 17.9 Å². The van der Waals surface area contributed by atoms with Crippen molar-refractivity contribution in [3.63, 3.8) is 0 Å². The summed E-state index contributed by atoms with van der Waals surface area (Å²) in [6, 6.07) is 23.7. The fourth-order valence-corrected chi connectivity index (χ4v) is 3.79. The summed E-state index contributed by atoms with van der Waals surface area (Å²) in [4.78, 5) is 46.2. The molecule has 45 heavy (non-hydrogen) atoms. The molecule has 0 aliphatic heterocycles. The summed E-state index contributed by atoms with van der Waals surface area (Å²) < 4.78 is 20.7. The van der Waals surface area contributed by atoms with E-state index in [4.69, 9.17) is 35.1 Å². The molecule has 0 spiro atoms. The molecule has 0 unspecified atom stereocenters. The van der Waals surface area contributed by atoms with Gasteiger partial charge in [0.05, 0.1) is 16.7 Å². The molecule has 0 heterocycles. The Morgan fingerprint density at radius 3 is 1.82 bits per heavy atom. The third-order valence-electron chi connectivity index (χ3n) is 5.96. The normalized spacial score (nSPS) is 10.0. The van der Waals surface area contributed by atoms with Crippen LogP contribution >= 0.6 is 0 Å². The Kier molecular flexibility index (Phi) is 11.1. The number of benzene rings is 4. The number of aromatic carboxylic acids is 2. The first-order valence-corrected chi connectivity index (χ1v) is 13.1. The summed E-state index contributed by atoms with van der Waals surface area (Å²) in [5.41, 5.74) is 1.18. The van der Waals surface area contributed by atoms with Gasteiger partial charge in [-0.2, -0.15) is 0 Å². The molecule has 11 nitrogen and oxygen atoms in total. The molecule has 0 aliphatic carbocycles. The second-order valence-corrected chi connectivity index (χ2v) is 8.99. The van der Waals surface area contributed by atoms with Gasteiger partial charge in [-0.05, 0) is 65.2 Å². The van der Waals surface area contributed by atoms with Gasteiger partial charge in [0.25, 0.3) is 0 Å². The fraction of sp³-hybridized carbons (Fsp3) is 0.0882. The predicted molar refractivity (Wildman–Crippen MR) is 157 cm³/mol. The molecule has 0 radical (unpaired) electrons. The summed E-state index contributed by atoms with van der Waals surface area (Å²) in [5.74, 6) is -2.36. The predicted octanol–water partition coefficient (Wildman–Crippen LogP) is 5.43. The maximum Gasteiger partial charge on any atom is 0.339 e. The Labute approximate surface area is 257 Å². The van der Waals surface area contributed by atoms with Crippen molar-refractivity contribution in [1.29, 1.82) is 0 Å². The number of hydrogen-bond acceptors (Lipinski definition) is 9. The molecule has 0 aliphatic rings. The smallest absolute Gasteiger partial charge is 0.339 e. The van der Waals surface area contributed by atoms with E-state index < -0.39 is 17.9 Å². The lowest BCUT2D eigenvalue weighted by molar-refractivity contribution is -0.313. The van der Waals surface area contributed by atoms with Crippen LogP contribution in [0.2, 0.25) is 0 Å². The number of carbonyl (C=O) groups is 3. The maximum absolute atomic E-state index is 12.6. The monoisotopic (exact) mass is 608 g/mol. The van der Waals surface area contributed by atoms with Crippen LogP contribution in [0.3, 0.4) is 0 Å². The molecule has 4 aromatic carbocycles. The second kappa shape index (κ2) is 15.8. The minimum atomic E-state index is -1.31. The molecule has 11 heteroatoms. The van der Waals surface area contributed by atoms with Crippen LogP contribution in [0.25, 0.3) is 0 Å². The van der Waals surface area contributed by atoms with Crippen molar-refractivity contribution in [2.45, 2.75) is 19.8 Å². The van der Waals surface area contributed by atoms with E-state index in [-0.39, 0.29) is 48.0 Å². The van der Waals surface area contributed by atoms with Crippen molar-refractivity contribution in [3.05, 3.63) is 124 Å². The molecule has 0 atom stereocenters. The minimum Gasteiger partial charge on any atom is -0.478 e. The van der Waals surface area contributed by atoms with Crippen molar-refractivity contribution in [2.24, 2.45) is 0 Å². The zero-order valence-corrected chi connectivity index (χ0v) is 23.4. The molecule has 0 saturated carbocycles. The number of carboxylic acids is 2. The number of hydrogen-bond donors (Lipinski definition) is 2. The lowest BCUT2D eigenvalue weighted by atomic mass is 10.1. The van der Waals surface area contributed by atoms with Gasteiger partial charge in [0, 0.05) is 0 Å². The number of rotatable bonds is 13. The zero-order chi connectivity index (χ0) is 32.0. The van der Waals surface area contributed by atoms with Crippen molar-refractivity contribution >= 4 is 17.9 Å². The Bertz CT molecular complexity index is 1760. The average Bonchev–Trinajstić information content (AvgIpc) is 3.05. The largest absolute Gasteiger partial charge is 0.478 e. The van der Waals surface area contributed by atoms with Gasteiger partial charge in [0.1, 0.15) is 43.2 Å². The van der Waals surface area contributed by atoms with Crippen LogP contribution in [-0.2, 0) is 34.3 Å². The van der Waals surface area contributed by atoms with Crippen LogP contribution in [0, 0.1) is 24.7 Å². The van der Waals surface area contributed by atoms with E-state index in [0.29, 0.717) is 22.4 Å². The first-order chi connectivity index (χ1) is 21.8. The Morgan fingerprint density at radius 2 is 1.18 bits per heavy atom. The molecule has 0 bridgehead atoms. The van der Waals surface area contributed by atoms with Crippen LogP contribution in [0.15, 0.2) is 91.0 Å². The topological polar surface area (TPSA) is 147 Å². The lowest BCUT2D eigenvalue weighted by Gasteiger charge is -2.10. The maximum atomic E-state index is 12.6. The third kappa shape index (κ3) is 9.36. The van der Waals surface area contributed by atoms with E-state index in [0.717, 1.165) is 0 Å². The van der Waals surface area contributed by atoms with Gasteiger partial charge < -0.3 is 29.2 Å². The van der Waals surface area contributed by atoms with Crippen LogP contribution in [0.1, 0.15) is 47.8 Å². The van der Waals surface area contributed by atoms with Crippen LogP contribution in [-0.4, -0.2) is 28.1 Å². The number of carbonyl (C=O) groups excluding carboxylic acids is 1. The third-order valence-corrected chi connectivity index (χ3v) is 5.96. The van der Waals surface area contributed by atoms with E-state index in [1.54, 1.807) is 48.5 Å². The van der Waals surface area contributed by atoms with E-state index in [9.17, 15) is 24.6 Å². The molecule has 0 fully saturated rings. The van der Waals surface area contributed by atoms with Gasteiger partial charge in [-0.1, -0.05) is 48.9 Å². The number of terminal acetylenes is 1. The fourth-order valence-electron chi connectivity index (χ4n) is 3.79. The van der Waals surface area contributed by atoms with Crippen LogP contribution in [0.5, 0.6) is 17.2 Å². The van der Waals surface area contributed by atoms with Gasteiger partial charge in [0.15, 0.2) is 12.2 Å². The quantitative estimate of drug-likeness (QED) is 0.0658. The van der Waals surface area contributed by atoms with E-state index in [1.807, 2.05) is 12.2 Å². The Morgan fingerprint density at radius 1 is 0.600 bits per heavy atom. The SMILES string of the molecule is C#COc1ccc(C(=O)O)c(C(=O)OCc2ccc(COOCc3cc(OC#COc4ccccc4)ccc3C(=O)O)cc2)c1. The number of esters is 1. The molecule has 226 valence electrons. The van der Waals surface area contributed by atoms with Crippen molar-refractivity contribution < 1.29 is 53.3 Å². The van der Waals surface area contributed by atoms with Crippen molar-refractivity contribution in [2.75, 3.05) is 0 Å². The number of carboxylic acid groups (broad SMARTS) is 2. The summed E-state index contributed by atoms with van der Waals surface area (Å²) in [5, 5.41) is 18.9. The van der Waals surface area contributed by atoms with Crippen LogP contribution in [0.4, 0.5) is 0 Å². The summed E-state index contributed by atoms with van der Waals surface area (Å²) in [7, 11) is 0. The number of ether oxygens (including phenoxy) is 4. The standard InChI is InChI=1S/C34H24O11/c1-2-40-28-13-15-30(33(37)38)31(19-28)34(39)43-20-23-8-10-24(11-9-23)21-44-45-22-25-18-27(12-14-29(25)32(35)36)42-17-16-41-26-6-4-3-5-7-26/h1,3-15,18-19H,20-22H2,(H,35,36)(H,37,38). The highest BCUT2D eigenvalue weighted by Crippen LogP contribution is 2.21. The first-order valence-electron chi connectivity index (χ1n) is 13.1. The van der Waals surface area contributed by atoms with Gasteiger partial charge in [-0.25, -0.2) is 24.2 Å². The summed E-state index contributed by atoms with van der Waals surface area (Å²) in [6.07, 6.45) is 11.9. The number of para-hydroxylation sites is 1. The summed E-state index contributed by atoms with van der Waals surface area (Å²) in [6.45, 7) is -0.285. The highest BCUT2D eigenvalue weighted by molar-refractivity contribution is 6.02. The van der Waals surface area contributed by atoms with Gasteiger partial charge in [-0.3, -0.25) is 0 Å². The average molecular weight is 609 g/mol.